The Bertz CT molecular complexity index is 1560. The molecule has 2 heteroatoms. The highest BCUT2D eigenvalue weighted by Gasteiger charge is 2.24. The van der Waals surface area contributed by atoms with Gasteiger partial charge in [0.15, 0.2) is 0 Å². The summed E-state index contributed by atoms with van der Waals surface area (Å²) in [5.41, 5.74) is 10.4. The minimum atomic E-state index is -0.0123. The monoisotopic (exact) mass is 510 g/mol. The van der Waals surface area contributed by atoms with Crippen LogP contribution in [0.3, 0.4) is 0 Å². The van der Waals surface area contributed by atoms with Crippen LogP contribution in [0.4, 0.5) is 0 Å². The largest absolute Gasteiger partial charge is 0.256 e. The quantitative estimate of drug-likeness (QED) is 0.235. The van der Waals surface area contributed by atoms with E-state index in [9.17, 15) is 0 Å². The molecule has 5 rings (SSSR count). The Balaban J connectivity index is 1.70. The van der Waals surface area contributed by atoms with Gasteiger partial charge in [0.05, 0.1) is 23.0 Å². The summed E-state index contributed by atoms with van der Waals surface area (Å²) < 4.78 is 0. The van der Waals surface area contributed by atoms with Crippen LogP contribution in [0.25, 0.3) is 22.5 Å². The number of hydrogen-bond donors (Lipinski definition) is 0. The second-order valence-corrected chi connectivity index (χ2v) is 12.4. The van der Waals surface area contributed by atoms with E-state index in [-0.39, 0.29) is 16.7 Å². The lowest BCUT2D eigenvalue weighted by Crippen LogP contribution is -2.14. The summed E-state index contributed by atoms with van der Waals surface area (Å²) in [7, 11) is 0. The predicted octanol–water partition coefficient (Wildman–Crippen LogP) is 9.59. The van der Waals surface area contributed by atoms with E-state index < -0.39 is 0 Å². The molecule has 1 unspecified atom stereocenters. The van der Waals surface area contributed by atoms with Crippen LogP contribution in [-0.4, -0.2) is 9.97 Å². The molecule has 0 saturated carbocycles. The van der Waals surface area contributed by atoms with Gasteiger partial charge in [-0.05, 0) is 75.5 Å². The Kier molecular flexibility index (Phi) is 7.23. The van der Waals surface area contributed by atoms with Gasteiger partial charge in [-0.3, -0.25) is 9.97 Å². The summed E-state index contributed by atoms with van der Waals surface area (Å²) in [5.74, 6) is -0.0123. The third-order valence-corrected chi connectivity index (χ3v) is 7.34. The van der Waals surface area contributed by atoms with Gasteiger partial charge in [-0.15, -0.1) is 0 Å². The number of rotatable bonds is 5. The van der Waals surface area contributed by atoms with Crippen molar-refractivity contribution < 1.29 is 0 Å². The zero-order chi connectivity index (χ0) is 27.6. The molecule has 0 fully saturated rings. The minimum Gasteiger partial charge on any atom is -0.256 e. The van der Waals surface area contributed by atoms with Crippen LogP contribution in [-0.2, 0) is 10.8 Å². The van der Waals surface area contributed by atoms with Crippen LogP contribution in [0, 0.1) is 0 Å². The number of pyridine rings is 2. The molecule has 2 aromatic heterocycles. The molecule has 196 valence electrons. The van der Waals surface area contributed by atoms with Crippen molar-refractivity contribution in [3.8, 4) is 22.5 Å². The molecule has 5 aromatic rings. The zero-order valence-corrected chi connectivity index (χ0v) is 23.9. The van der Waals surface area contributed by atoms with Gasteiger partial charge >= 0.3 is 0 Å². The fourth-order valence-electron chi connectivity index (χ4n) is 5.03. The van der Waals surface area contributed by atoms with E-state index in [1.807, 2.05) is 12.3 Å². The Labute approximate surface area is 233 Å². The first kappa shape index (κ1) is 26.6. The molecule has 2 nitrogen and oxygen atoms in total. The normalized spacial score (nSPS) is 12.8. The van der Waals surface area contributed by atoms with Crippen molar-refractivity contribution in [1.29, 1.82) is 0 Å². The molecule has 0 aliphatic rings. The maximum Gasteiger partial charge on any atom is 0.0705 e. The molecule has 1 atom stereocenters. The minimum absolute atomic E-state index is 0.0105. The molecule has 2 heterocycles. The number of nitrogens with zero attached hydrogens (tertiary/aromatic N) is 2. The Morgan fingerprint density at radius 1 is 0.513 bits per heavy atom. The summed E-state index contributed by atoms with van der Waals surface area (Å²) in [4.78, 5) is 9.98. The van der Waals surface area contributed by atoms with Crippen LogP contribution in [0.2, 0.25) is 0 Å². The van der Waals surface area contributed by atoms with Crippen molar-refractivity contribution in [3.63, 3.8) is 0 Å². The van der Waals surface area contributed by atoms with E-state index in [4.69, 9.17) is 4.98 Å². The van der Waals surface area contributed by atoms with Crippen LogP contribution in [0.5, 0.6) is 0 Å². The van der Waals surface area contributed by atoms with Crippen molar-refractivity contribution in [2.24, 2.45) is 0 Å². The number of hydrogen-bond acceptors (Lipinski definition) is 2. The van der Waals surface area contributed by atoms with E-state index in [1.54, 1.807) is 0 Å². The topological polar surface area (TPSA) is 25.8 Å². The van der Waals surface area contributed by atoms with Crippen LogP contribution in [0.1, 0.15) is 75.4 Å². The Morgan fingerprint density at radius 2 is 1.18 bits per heavy atom. The molecule has 0 aliphatic carbocycles. The Morgan fingerprint density at radius 3 is 1.87 bits per heavy atom. The van der Waals surface area contributed by atoms with E-state index in [1.165, 1.54) is 22.3 Å². The molecular weight excluding hydrogens is 472 g/mol. The first-order valence-electron chi connectivity index (χ1n) is 13.8. The molecule has 0 radical (unpaired) electrons. The van der Waals surface area contributed by atoms with Crippen LogP contribution < -0.4 is 0 Å². The lowest BCUT2D eigenvalue weighted by molar-refractivity contribution is 0.589. The van der Waals surface area contributed by atoms with Crippen LogP contribution in [0.15, 0.2) is 115 Å². The molecule has 0 amide bonds. The first-order chi connectivity index (χ1) is 18.6. The fraction of sp³-hybridized carbons (Fsp3) is 0.243. The van der Waals surface area contributed by atoms with Crippen molar-refractivity contribution >= 4 is 0 Å². The highest BCUT2D eigenvalue weighted by atomic mass is 14.7. The second-order valence-electron chi connectivity index (χ2n) is 12.4. The fourth-order valence-corrected chi connectivity index (χ4v) is 5.03. The predicted molar refractivity (Wildman–Crippen MR) is 164 cm³/mol. The average molecular weight is 511 g/mol. The molecule has 3 aromatic carbocycles. The smallest absolute Gasteiger partial charge is 0.0705 e. The maximum absolute atomic E-state index is 5.30. The zero-order valence-electron chi connectivity index (χ0n) is 23.9. The summed E-state index contributed by atoms with van der Waals surface area (Å²) in [6.07, 6.45) is 1.87. The third-order valence-electron chi connectivity index (χ3n) is 7.34. The maximum atomic E-state index is 5.30. The lowest BCUT2D eigenvalue weighted by Gasteiger charge is -2.25. The first-order valence-corrected chi connectivity index (χ1v) is 13.8. The highest BCUT2D eigenvalue weighted by molar-refractivity contribution is 5.64. The second kappa shape index (κ2) is 10.6. The standard InChI is InChI=1S/C37H38N2/c1-36(2,3)30-17-12-16-27(23-30)33-19-13-20-34(39-33)35(26-14-8-7-9-15-26)29-22-28(32-18-10-11-21-38-32)24-31(25-29)37(4,5)6/h7-25,35H,1-6H3. The van der Waals surface area contributed by atoms with Gasteiger partial charge in [-0.1, -0.05) is 108 Å². The SMILES string of the molecule is CC(C)(C)c1cccc(-c2cccc(C(c3ccccc3)c3cc(-c4ccccn4)cc(C(C)(C)C)c3)n2)c1. The van der Waals surface area contributed by atoms with E-state index in [0.29, 0.717) is 0 Å². The van der Waals surface area contributed by atoms with Crippen LogP contribution >= 0.6 is 0 Å². The van der Waals surface area contributed by atoms with Gasteiger partial charge < -0.3 is 0 Å². The molecule has 0 aliphatic heterocycles. The van der Waals surface area contributed by atoms with E-state index in [2.05, 4.69) is 150 Å². The highest BCUT2D eigenvalue weighted by Crippen LogP contribution is 2.37. The van der Waals surface area contributed by atoms with Crippen molar-refractivity contribution in [1.82, 2.24) is 9.97 Å². The van der Waals surface area contributed by atoms with Gasteiger partial charge in [-0.2, -0.15) is 0 Å². The van der Waals surface area contributed by atoms with E-state index >= 15 is 0 Å². The van der Waals surface area contributed by atoms with Crippen molar-refractivity contribution in [2.75, 3.05) is 0 Å². The molecule has 0 N–H and O–H groups in total. The molecule has 0 bridgehead atoms. The average Bonchev–Trinajstić information content (AvgIpc) is 2.93. The van der Waals surface area contributed by atoms with Crippen molar-refractivity contribution in [2.45, 2.75) is 58.3 Å². The summed E-state index contributed by atoms with van der Waals surface area (Å²) in [5, 5.41) is 0. The van der Waals surface area contributed by atoms with Gasteiger partial charge in [0.2, 0.25) is 0 Å². The lowest BCUT2D eigenvalue weighted by atomic mass is 9.80. The van der Waals surface area contributed by atoms with Gasteiger partial charge in [0.25, 0.3) is 0 Å². The summed E-state index contributed by atoms with van der Waals surface area (Å²) in [6, 6.07) is 39.0. The summed E-state index contributed by atoms with van der Waals surface area (Å²) >= 11 is 0. The molecule has 0 spiro atoms. The van der Waals surface area contributed by atoms with E-state index in [0.717, 1.165) is 28.2 Å². The van der Waals surface area contributed by atoms with Crippen molar-refractivity contribution in [3.05, 3.63) is 143 Å². The van der Waals surface area contributed by atoms with Gasteiger partial charge in [0.1, 0.15) is 0 Å². The molecule has 39 heavy (non-hydrogen) atoms. The van der Waals surface area contributed by atoms with Gasteiger partial charge in [0, 0.05) is 17.3 Å². The van der Waals surface area contributed by atoms with Gasteiger partial charge in [-0.25, -0.2) is 0 Å². The number of benzene rings is 3. The Hall–Kier alpha value is -4.04. The molecular formula is C37H38N2. The third kappa shape index (κ3) is 6.01. The summed E-state index contributed by atoms with van der Waals surface area (Å²) in [6.45, 7) is 13.6. The molecule has 0 saturated heterocycles. The number of aromatic nitrogens is 2.